The SMILES string of the molecule is C.C.C.CC(=O)Oc1cccc(Br)c1.CC(=O)c1ccc(Br)cc1O.COc1cc(Br)ccc1C(C)=O.Oc1cccc(Br)c1. The summed E-state index contributed by atoms with van der Waals surface area (Å²) in [5.41, 5.74) is 0.967. The molecule has 4 aromatic rings. The van der Waals surface area contributed by atoms with Crippen molar-refractivity contribution in [3.05, 3.63) is 114 Å². The zero-order valence-corrected chi connectivity index (χ0v) is 29.4. The highest BCUT2D eigenvalue weighted by molar-refractivity contribution is 9.11. The number of Topliss-reactive ketones (excluding diaryl/α,β-unsaturated/α-hetero) is 2. The number of hydrogen-bond acceptors (Lipinski definition) is 7. The summed E-state index contributed by atoms with van der Waals surface area (Å²) in [5.74, 6) is 1.06. The van der Waals surface area contributed by atoms with E-state index in [2.05, 4.69) is 63.7 Å². The van der Waals surface area contributed by atoms with Crippen LogP contribution in [0.25, 0.3) is 0 Å². The maximum atomic E-state index is 11.0. The fraction of sp³-hybridized carbons (Fsp3) is 0.206. The highest BCUT2D eigenvalue weighted by Gasteiger charge is 2.07. The van der Waals surface area contributed by atoms with Crippen LogP contribution in [0, 0.1) is 0 Å². The van der Waals surface area contributed by atoms with Crippen LogP contribution in [0.1, 0.15) is 63.8 Å². The molecule has 0 spiro atoms. The number of phenolic OH excluding ortho intramolecular Hbond substituents is 2. The van der Waals surface area contributed by atoms with E-state index in [1.165, 1.54) is 26.8 Å². The summed E-state index contributed by atoms with van der Waals surface area (Å²) in [7, 11) is 1.55. The number of esters is 1. The van der Waals surface area contributed by atoms with Crippen molar-refractivity contribution in [3.63, 3.8) is 0 Å². The van der Waals surface area contributed by atoms with E-state index in [1.807, 2.05) is 24.3 Å². The van der Waals surface area contributed by atoms with E-state index < -0.39 is 0 Å². The van der Waals surface area contributed by atoms with E-state index in [4.69, 9.17) is 14.6 Å². The summed E-state index contributed by atoms with van der Waals surface area (Å²) in [6.45, 7) is 4.32. The highest BCUT2D eigenvalue weighted by Crippen LogP contribution is 2.24. The number of ether oxygens (including phenoxy) is 2. The van der Waals surface area contributed by atoms with E-state index >= 15 is 0 Å². The normalized spacial score (nSPS) is 8.80. The van der Waals surface area contributed by atoms with Crippen LogP contribution in [0.15, 0.2) is 103 Å². The molecule has 0 heterocycles. The lowest BCUT2D eigenvalue weighted by Crippen LogP contribution is -2.00. The maximum absolute atomic E-state index is 11.0. The van der Waals surface area contributed by atoms with Crippen LogP contribution in [0.3, 0.4) is 0 Å². The lowest BCUT2D eigenvalue weighted by atomic mass is 10.1. The Morgan fingerprint density at radius 3 is 1.47 bits per heavy atom. The van der Waals surface area contributed by atoms with Crippen LogP contribution in [0.5, 0.6) is 23.0 Å². The third-order valence-corrected chi connectivity index (χ3v) is 6.72. The molecule has 0 saturated carbocycles. The zero-order valence-electron chi connectivity index (χ0n) is 23.0. The first kappa shape index (κ1) is 46.4. The van der Waals surface area contributed by atoms with Crippen molar-refractivity contribution in [2.75, 3.05) is 7.11 Å². The van der Waals surface area contributed by atoms with Gasteiger partial charge in [-0.1, -0.05) is 98.1 Å². The fourth-order valence-corrected chi connectivity index (χ4v) is 4.39. The Labute approximate surface area is 300 Å². The maximum Gasteiger partial charge on any atom is 0.308 e. The molecule has 0 radical (unpaired) electrons. The Morgan fingerprint density at radius 2 is 1.07 bits per heavy atom. The molecule has 0 amide bonds. The minimum atomic E-state index is -0.303. The second-order valence-electron chi connectivity index (χ2n) is 8.15. The van der Waals surface area contributed by atoms with Gasteiger partial charge in [0.2, 0.25) is 0 Å². The van der Waals surface area contributed by atoms with Gasteiger partial charge in [0, 0.05) is 24.8 Å². The highest BCUT2D eigenvalue weighted by atomic mass is 79.9. The van der Waals surface area contributed by atoms with Gasteiger partial charge in [-0.3, -0.25) is 14.4 Å². The van der Waals surface area contributed by atoms with Gasteiger partial charge >= 0.3 is 5.97 Å². The number of hydrogen-bond donors (Lipinski definition) is 2. The van der Waals surface area contributed by atoms with Gasteiger partial charge in [0.25, 0.3) is 0 Å². The predicted octanol–water partition coefficient (Wildman–Crippen LogP) is 11.5. The Bertz CT molecular complexity index is 1490. The summed E-state index contributed by atoms with van der Waals surface area (Å²) in [6, 6.07) is 24.2. The van der Waals surface area contributed by atoms with Crippen molar-refractivity contribution < 1.29 is 34.1 Å². The van der Waals surface area contributed by atoms with Crippen molar-refractivity contribution in [2.24, 2.45) is 0 Å². The molecule has 7 nitrogen and oxygen atoms in total. The summed E-state index contributed by atoms with van der Waals surface area (Å²) >= 11 is 12.9. The monoisotopic (exact) mass is 876 g/mol. The number of rotatable bonds is 4. The zero-order chi connectivity index (χ0) is 31.8. The number of carbonyl (C=O) groups excluding carboxylic acids is 3. The average Bonchev–Trinajstić information content (AvgIpc) is 2.89. The van der Waals surface area contributed by atoms with Crippen molar-refractivity contribution in [1.82, 2.24) is 0 Å². The summed E-state index contributed by atoms with van der Waals surface area (Å²) in [4.78, 5) is 32.3. The second kappa shape index (κ2) is 24.3. The number of aromatic hydroxyl groups is 2. The van der Waals surface area contributed by atoms with Crippen molar-refractivity contribution in [3.8, 4) is 23.0 Å². The molecule has 0 saturated heterocycles. The molecule has 0 fully saturated rings. The molecule has 246 valence electrons. The number of benzene rings is 4. The Morgan fingerprint density at radius 1 is 0.600 bits per heavy atom. The molecule has 4 aromatic carbocycles. The number of ketones is 2. The van der Waals surface area contributed by atoms with Gasteiger partial charge in [-0.2, -0.15) is 0 Å². The molecule has 0 aliphatic carbocycles. The summed E-state index contributed by atoms with van der Waals surface area (Å²) in [6.07, 6.45) is 0. The Kier molecular flexibility index (Phi) is 25.0. The smallest absolute Gasteiger partial charge is 0.308 e. The molecule has 0 aromatic heterocycles. The second-order valence-corrected chi connectivity index (χ2v) is 11.8. The molecule has 2 N–H and O–H groups in total. The van der Waals surface area contributed by atoms with Gasteiger partial charge in [-0.15, -0.1) is 0 Å². The topological polar surface area (TPSA) is 110 Å². The number of carbonyl (C=O) groups is 3. The minimum absolute atomic E-state index is 0. The van der Waals surface area contributed by atoms with E-state index in [0.29, 0.717) is 28.4 Å². The lowest BCUT2D eigenvalue weighted by Gasteiger charge is -2.04. The van der Waals surface area contributed by atoms with Crippen LogP contribution < -0.4 is 9.47 Å². The summed E-state index contributed by atoms with van der Waals surface area (Å²) in [5, 5.41) is 18.0. The van der Waals surface area contributed by atoms with Crippen molar-refractivity contribution in [2.45, 2.75) is 43.1 Å². The molecule has 0 aliphatic rings. The molecular formula is C34H40Br4O7. The third kappa shape index (κ3) is 19.2. The third-order valence-electron chi connectivity index (χ3n) is 4.75. The van der Waals surface area contributed by atoms with Crippen LogP contribution in [0.4, 0.5) is 0 Å². The first-order chi connectivity index (χ1) is 19.7. The molecular weight excluding hydrogens is 840 g/mol. The molecule has 45 heavy (non-hydrogen) atoms. The largest absolute Gasteiger partial charge is 0.508 e. The minimum Gasteiger partial charge on any atom is -0.508 e. The summed E-state index contributed by atoms with van der Waals surface area (Å²) < 4.78 is 13.3. The van der Waals surface area contributed by atoms with Crippen LogP contribution in [-0.2, 0) is 4.79 Å². The number of phenols is 2. The van der Waals surface area contributed by atoms with Crippen LogP contribution in [-0.4, -0.2) is 34.9 Å². The van der Waals surface area contributed by atoms with Gasteiger partial charge < -0.3 is 19.7 Å². The van der Waals surface area contributed by atoms with Crippen molar-refractivity contribution in [1.29, 1.82) is 0 Å². The first-order valence-electron chi connectivity index (χ1n) is 12.0. The van der Waals surface area contributed by atoms with E-state index in [1.54, 1.807) is 61.7 Å². The van der Waals surface area contributed by atoms with E-state index in [-0.39, 0.29) is 45.6 Å². The number of methoxy groups -OCH3 is 1. The van der Waals surface area contributed by atoms with Gasteiger partial charge in [-0.25, -0.2) is 0 Å². The molecule has 4 rings (SSSR count). The fourth-order valence-electron chi connectivity index (χ4n) is 2.93. The quantitative estimate of drug-likeness (QED) is 0.119. The van der Waals surface area contributed by atoms with Crippen LogP contribution in [0.2, 0.25) is 0 Å². The molecule has 0 unspecified atom stereocenters. The van der Waals surface area contributed by atoms with Gasteiger partial charge in [-0.05, 0) is 86.6 Å². The van der Waals surface area contributed by atoms with Gasteiger partial charge in [0.05, 0.1) is 18.2 Å². The standard InChI is InChI=1S/C9H9BrO2.2C8H7BrO2.C6H5BrO.3CH4/c1-6(11)8-4-3-7(10)5-9(8)12-2;1-5(10)7-3-2-6(9)4-8(7)11;1-6(10)11-8-4-2-3-7(9)5-8;7-5-2-1-3-6(8)4-5;;;/h3-5H,1-2H3;2-4,11H,1H3;2-5H,1H3;1-4,8H;3*1H4. The van der Waals surface area contributed by atoms with Crippen LogP contribution >= 0.6 is 63.7 Å². The molecule has 0 atom stereocenters. The molecule has 11 heteroatoms. The average molecular weight is 880 g/mol. The van der Waals surface area contributed by atoms with Gasteiger partial charge in [0.1, 0.15) is 23.0 Å². The van der Waals surface area contributed by atoms with E-state index in [9.17, 15) is 19.5 Å². The van der Waals surface area contributed by atoms with Crippen molar-refractivity contribution >= 4 is 81.3 Å². The Balaban J connectivity index is -0.000000515. The van der Waals surface area contributed by atoms with Gasteiger partial charge in [0.15, 0.2) is 11.6 Å². The molecule has 0 aliphatic heterocycles. The number of halogens is 4. The predicted molar refractivity (Wildman–Crippen MR) is 198 cm³/mol. The first-order valence-corrected chi connectivity index (χ1v) is 15.1. The van der Waals surface area contributed by atoms with E-state index in [0.717, 1.165) is 17.9 Å². The Hall–Kier alpha value is -2.99. The molecule has 0 bridgehead atoms. The lowest BCUT2D eigenvalue weighted by molar-refractivity contribution is -0.131.